The fourth-order valence-electron chi connectivity index (χ4n) is 4.54. The molecule has 2 aliphatic rings. The second kappa shape index (κ2) is 9.95. The van der Waals surface area contributed by atoms with Crippen molar-refractivity contribution < 1.29 is 42.1 Å². The Morgan fingerprint density at radius 3 is 2.23 bits per heavy atom. The maximum absolute atomic E-state index is 12.9. The molecule has 35 heavy (non-hydrogen) atoms. The van der Waals surface area contributed by atoms with Crippen LogP contribution in [0.4, 0.5) is 18.0 Å². The number of aliphatic carboxylic acids is 1. The zero-order valence-electron chi connectivity index (χ0n) is 18.5. The highest BCUT2D eigenvalue weighted by Crippen LogP contribution is 2.44. The molecule has 1 fully saturated rings. The van der Waals surface area contributed by atoms with Crippen LogP contribution in [-0.2, 0) is 19.1 Å². The minimum atomic E-state index is -4.79. The summed E-state index contributed by atoms with van der Waals surface area (Å²) in [6.45, 7) is -2.85. The number of alkyl halides is 3. The van der Waals surface area contributed by atoms with Crippen molar-refractivity contribution in [2.75, 3.05) is 26.3 Å². The standard InChI is InChI=1S/C24H23F3N2O6/c25-24(26,27)13-29(11-20(30)31)22(32)21-19(9-10-34-21)28-23(33)35-12-18-16-7-3-1-5-14(16)15-6-2-4-8-17(15)18/h1-8,18-19,21H,9-13H2,(H,28,33)(H,30,31)/t19-,21+/m0/s1. The minimum absolute atomic E-state index is 0.0116. The van der Waals surface area contributed by atoms with Gasteiger partial charge in [0.25, 0.3) is 5.91 Å². The van der Waals surface area contributed by atoms with Gasteiger partial charge < -0.3 is 24.8 Å². The summed E-state index contributed by atoms with van der Waals surface area (Å²) in [6, 6.07) is 14.6. The van der Waals surface area contributed by atoms with Crippen LogP contribution in [0.1, 0.15) is 23.5 Å². The van der Waals surface area contributed by atoms with Crippen molar-refractivity contribution in [2.24, 2.45) is 0 Å². The van der Waals surface area contributed by atoms with Crippen LogP contribution in [0.3, 0.4) is 0 Å². The van der Waals surface area contributed by atoms with Crippen LogP contribution in [0.2, 0.25) is 0 Å². The van der Waals surface area contributed by atoms with E-state index < -0.39 is 49.4 Å². The molecule has 2 amide bonds. The van der Waals surface area contributed by atoms with Crippen molar-refractivity contribution in [3.63, 3.8) is 0 Å². The first-order valence-electron chi connectivity index (χ1n) is 10.9. The van der Waals surface area contributed by atoms with Crippen LogP contribution in [0, 0.1) is 0 Å². The van der Waals surface area contributed by atoms with E-state index >= 15 is 0 Å². The third kappa shape index (κ3) is 5.56. The Balaban J connectivity index is 1.40. The van der Waals surface area contributed by atoms with Crippen LogP contribution in [0.15, 0.2) is 48.5 Å². The van der Waals surface area contributed by atoms with Gasteiger partial charge in [0.05, 0.1) is 6.04 Å². The van der Waals surface area contributed by atoms with Gasteiger partial charge in [-0.3, -0.25) is 9.59 Å². The van der Waals surface area contributed by atoms with E-state index in [0.717, 1.165) is 22.3 Å². The first-order valence-corrected chi connectivity index (χ1v) is 10.9. The Labute approximate surface area is 198 Å². The van der Waals surface area contributed by atoms with Gasteiger partial charge in [-0.2, -0.15) is 13.2 Å². The van der Waals surface area contributed by atoms with Gasteiger partial charge in [-0.25, -0.2) is 4.79 Å². The smallest absolute Gasteiger partial charge is 0.407 e. The maximum atomic E-state index is 12.9. The first-order chi connectivity index (χ1) is 16.6. The third-order valence-corrected chi connectivity index (χ3v) is 5.99. The number of hydrogen-bond acceptors (Lipinski definition) is 5. The number of nitrogens with one attached hydrogen (secondary N) is 1. The van der Waals surface area contributed by atoms with E-state index in [4.69, 9.17) is 14.6 Å². The summed E-state index contributed by atoms with van der Waals surface area (Å²) in [5.41, 5.74) is 4.12. The van der Waals surface area contributed by atoms with E-state index in [-0.39, 0.29) is 30.5 Å². The van der Waals surface area contributed by atoms with Crippen molar-refractivity contribution in [3.8, 4) is 11.1 Å². The molecular formula is C24H23F3N2O6. The SMILES string of the molecule is O=C(O)CN(CC(F)(F)F)C(=O)[C@@H]1OCC[C@@H]1NC(=O)OCC1c2ccccc2-c2ccccc21. The lowest BCUT2D eigenvalue weighted by Crippen LogP contribution is -2.52. The number of halogens is 3. The number of carbonyl (C=O) groups is 3. The first kappa shape index (κ1) is 24.5. The molecule has 11 heteroatoms. The van der Waals surface area contributed by atoms with E-state index in [2.05, 4.69) is 5.32 Å². The molecule has 0 unspecified atom stereocenters. The Morgan fingerprint density at radius 1 is 1.06 bits per heavy atom. The van der Waals surface area contributed by atoms with E-state index in [0.29, 0.717) is 0 Å². The zero-order chi connectivity index (χ0) is 25.2. The lowest BCUT2D eigenvalue weighted by atomic mass is 9.98. The number of carboxylic acids is 1. The molecule has 1 aliphatic carbocycles. The number of nitrogens with zero attached hydrogens (tertiary/aromatic N) is 1. The van der Waals surface area contributed by atoms with Crippen molar-refractivity contribution in [1.82, 2.24) is 10.2 Å². The molecule has 1 heterocycles. The van der Waals surface area contributed by atoms with Gasteiger partial charge in [0, 0.05) is 12.5 Å². The molecule has 186 valence electrons. The largest absolute Gasteiger partial charge is 0.480 e. The normalized spacial score (nSPS) is 19.1. The van der Waals surface area contributed by atoms with E-state index in [1.807, 2.05) is 48.5 Å². The second-order valence-corrected chi connectivity index (χ2v) is 8.36. The number of ether oxygens (including phenoxy) is 2. The van der Waals surface area contributed by atoms with Crippen molar-refractivity contribution in [2.45, 2.75) is 30.7 Å². The molecule has 1 aliphatic heterocycles. The number of alkyl carbamates (subject to hydrolysis) is 1. The number of fused-ring (bicyclic) bond motifs is 3. The van der Waals surface area contributed by atoms with Crippen LogP contribution >= 0.6 is 0 Å². The predicted octanol–water partition coefficient (Wildman–Crippen LogP) is 3.16. The Morgan fingerprint density at radius 2 is 1.66 bits per heavy atom. The number of hydrogen-bond donors (Lipinski definition) is 2. The second-order valence-electron chi connectivity index (χ2n) is 8.36. The number of benzene rings is 2. The molecular weight excluding hydrogens is 469 g/mol. The van der Waals surface area contributed by atoms with Gasteiger partial charge in [0.15, 0.2) is 6.10 Å². The molecule has 0 bridgehead atoms. The molecule has 0 radical (unpaired) electrons. The van der Waals surface area contributed by atoms with Gasteiger partial charge in [-0.1, -0.05) is 48.5 Å². The Bertz CT molecular complexity index is 1080. The summed E-state index contributed by atoms with van der Waals surface area (Å²) < 4.78 is 49.2. The number of rotatable bonds is 7. The zero-order valence-corrected chi connectivity index (χ0v) is 18.5. The minimum Gasteiger partial charge on any atom is -0.480 e. The van der Waals surface area contributed by atoms with Crippen LogP contribution < -0.4 is 5.32 Å². The van der Waals surface area contributed by atoms with Gasteiger partial charge in [0.1, 0.15) is 19.7 Å². The fraction of sp³-hybridized carbons (Fsp3) is 0.375. The topological polar surface area (TPSA) is 105 Å². The number of amides is 2. The molecule has 2 aromatic rings. The van der Waals surface area contributed by atoms with E-state index in [1.54, 1.807) is 0 Å². The lowest BCUT2D eigenvalue weighted by Gasteiger charge is -2.27. The molecule has 0 aromatic heterocycles. The highest BCUT2D eigenvalue weighted by Gasteiger charge is 2.42. The van der Waals surface area contributed by atoms with Crippen molar-refractivity contribution in [3.05, 3.63) is 59.7 Å². The van der Waals surface area contributed by atoms with Crippen LogP contribution in [0.5, 0.6) is 0 Å². The average molecular weight is 492 g/mol. The van der Waals surface area contributed by atoms with Crippen LogP contribution in [0.25, 0.3) is 11.1 Å². The van der Waals surface area contributed by atoms with E-state index in [1.165, 1.54) is 0 Å². The van der Waals surface area contributed by atoms with Crippen molar-refractivity contribution in [1.29, 1.82) is 0 Å². The van der Waals surface area contributed by atoms with Gasteiger partial charge in [-0.05, 0) is 28.7 Å². The molecule has 2 atom stereocenters. The summed E-state index contributed by atoms with van der Waals surface area (Å²) in [4.78, 5) is 36.3. The molecule has 8 nitrogen and oxygen atoms in total. The highest BCUT2D eigenvalue weighted by atomic mass is 19.4. The predicted molar refractivity (Wildman–Crippen MR) is 117 cm³/mol. The summed E-state index contributed by atoms with van der Waals surface area (Å²) >= 11 is 0. The summed E-state index contributed by atoms with van der Waals surface area (Å²) in [7, 11) is 0. The molecule has 2 aromatic carbocycles. The van der Waals surface area contributed by atoms with Gasteiger partial charge in [0.2, 0.25) is 0 Å². The quantitative estimate of drug-likeness (QED) is 0.615. The number of carboxylic acid groups (broad SMARTS) is 1. The molecule has 2 N–H and O–H groups in total. The fourth-order valence-corrected chi connectivity index (χ4v) is 4.54. The molecule has 4 rings (SSSR count). The summed E-state index contributed by atoms with van der Waals surface area (Å²) in [5, 5.41) is 11.4. The average Bonchev–Trinajstić information content (AvgIpc) is 3.38. The van der Waals surface area contributed by atoms with Crippen LogP contribution in [-0.4, -0.2) is 72.6 Å². The third-order valence-electron chi connectivity index (χ3n) is 5.99. The molecule has 1 saturated heterocycles. The Kier molecular flexibility index (Phi) is 6.97. The molecule has 0 spiro atoms. The van der Waals surface area contributed by atoms with Gasteiger partial charge in [-0.15, -0.1) is 0 Å². The highest BCUT2D eigenvalue weighted by molar-refractivity contribution is 5.86. The van der Waals surface area contributed by atoms with E-state index in [9.17, 15) is 27.6 Å². The lowest BCUT2D eigenvalue weighted by molar-refractivity contribution is -0.171. The number of carbonyl (C=O) groups excluding carboxylic acids is 2. The summed E-state index contributed by atoms with van der Waals surface area (Å²) in [6.07, 6.45) is -6.93. The van der Waals surface area contributed by atoms with Crippen molar-refractivity contribution >= 4 is 18.0 Å². The Hall–Kier alpha value is -3.60. The van der Waals surface area contributed by atoms with Gasteiger partial charge >= 0.3 is 18.2 Å². The maximum Gasteiger partial charge on any atom is 0.407 e. The monoisotopic (exact) mass is 492 g/mol. The summed E-state index contributed by atoms with van der Waals surface area (Å²) in [5.74, 6) is -2.95. The molecule has 0 saturated carbocycles.